The van der Waals surface area contributed by atoms with Crippen molar-refractivity contribution >= 4 is 23.2 Å². The molecule has 2 aliphatic rings. The predicted octanol–water partition coefficient (Wildman–Crippen LogP) is 2.81. The fourth-order valence-corrected chi connectivity index (χ4v) is 4.31. The molecule has 8 nitrogen and oxygen atoms in total. The van der Waals surface area contributed by atoms with E-state index in [4.69, 9.17) is 0 Å². The van der Waals surface area contributed by atoms with E-state index in [9.17, 15) is 32.9 Å². The Morgan fingerprint density at radius 2 is 1.65 bits per heavy atom. The second kappa shape index (κ2) is 9.11. The average Bonchev–Trinajstić information content (AvgIpc) is 2.77. The van der Waals surface area contributed by atoms with E-state index in [-0.39, 0.29) is 29.3 Å². The molecule has 31 heavy (non-hydrogen) atoms. The lowest BCUT2D eigenvalue weighted by Crippen LogP contribution is -2.47. The summed E-state index contributed by atoms with van der Waals surface area (Å²) in [7, 11) is 1.59. The Morgan fingerprint density at radius 1 is 1.06 bits per heavy atom. The SMILES string of the molecule is CNC(=O)C1CCN(C(=O)C2CCN(c3ccc(C(F)(F)F)cc3[N+](=O)[O-])CC2)CC1. The van der Waals surface area contributed by atoms with Crippen LogP contribution in [0.3, 0.4) is 0 Å². The van der Waals surface area contributed by atoms with E-state index in [0.717, 1.165) is 12.1 Å². The van der Waals surface area contributed by atoms with Crippen molar-refractivity contribution in [2.24, 2.45) is 11.8 Å². The lowest BCUT2D eigenvalue weighted by Gasteiger charge is -2.37. The summed E-state index contributed by atoms with van der Waals surface area (Å²) in [5.41, 5.74) is -1.51. The zero-order valence-corrected chi connectivity index (χ0v) is 17.2. The van der Waals surface area contributed by atoms with Gasteiger partial charge in [0.25, 0.3) is 5.69 Å². The Morgan fingerprint density at radius 3 is 2.16 bits per heavy atom. The highest BCUT2D eigenvalue weighted by Gasteiger charge is 2.36. The molecule has 0 atom stereocenters. The van der Waals surface area contributed by atoms with Crippen molar-refractivity contribution in [2.45, 2.75) is 31.9 Å². The summed E-state index contributed by atoms with van der Waals surface area (Å²) in [4.78, 5) is 38.5. The number of nitrogens with zero attached hydrogens (tertiary/aromatic N) is 3. The molecule has 0 radical (unpaired) electrons. The van der Waals surface area contributed by atoms with Crippen LogP contribution in [0, 0.1) is 22.0 Å². The van der Waals surface area contributed by atoms with Crippen molar-refractivity contribution in [2.75, 3.05) is 38.1 Å². The zero-order valence-electron chi connectivity index (χ0n) is 17.2. The number of alkyl halides is 3. The molecule has 1 aromatic rings. The van der Waals surface area contributed by atoms with E-state index in [1.54, 1.807) is 16.8 Å². The fraction of sp³-hybridized carbons (Fsp3) is 0.600. The maximum atomic E-state index is 12.9. The highest BCUT2D eigenvalue weighted by atomic mass is 19.4. The summed E-state index contributed by atoms with van der Waals surface area (Å²) in [6.07, 6.45) is -2.50. The molecular formula is C20H25F3N4O4. The number of amides is 2. The van der Waals surface area contributed by atoms with Crippen LogP contribution in [0.1, 0.15) is 31.2 Å². The molecule has 3 rings (SSSR count). The number of carbonyl (C=O) groups excluding carboxylic acids is 2. The monoisotopic (exact) mass is 442 g/mol. The van der Waals surface area contributed by atoms with Crippen LogP contribution in [0.25, 0.3) is 0 Å². The summed E-state index contributed by atoms with van der Waals surface area (Å²) >= 11 is 0. The smallest absolute Gasteiger partial charge is 0.366 e. The minimum absolute atomic E-state index is 0.0110. The Labute approximate surface area is 177 Å². The molecule has 2 amide bonds. The van der Waals surface area contributed by atoms with Crippen molar-refractivity contribution < 1.29 is 27.7 Å². The van der Waals surface area contributed by atoms with E-state index < -0.39 is 22.4 Å². The molecule has 170 valence electrons. The number of nitrogens with one attached hydrogen (secondary N) is 1. The molecule has 0 unspecified atom stereocenters. The molecule has 2 fully saturated rings. The normalized spacial score (nSPS) is 18.7. The van der Waals surface area contributed by atoms with Crippen LogP contribution in [0.5, 0.6) is 0 Å². The minimum Gasteiger partial charge on any atom is -0.366 e. The molecular weight excluding hydrogens is 417 g/mol. The number of hydrogen-bond acceptors (Lipinski definition) is 5. The van der Waals surface area contributed by atoms with Gasteiger partial charge in [-0.2, -0.15) is 13.2 Å². The van der Waals surface area contributed by atoms with Crippen molar-refractivity contribution in [1.82, 2.24) is 10.2 Å². The molecule has 11 heteroatoms. The number of carbonyl (C=O) groups is 2. The first-order valence-electron chi connectivity index (χ1n) is 10.2. The zero-order chi connectivity index (χ0) is 22.8. The van der Waals surface area contributed by atoms with Gasteiger partial charge in [-0.05, 0) is 37.8 Å². The van der Waals surface area contributed by atoms with Gasteiger partial charge in [-0.3, -0.25) is 19.7 Å². The molecule has 2 heterocycles. The first kappa shape index (κ1) is 22.8. The standard InChI is InChI=1S/C20H25F3N4O4/c1-24-18(28)13-4-10-26(11-5-13)19(29)14-6-8-25(9-7-14)16-3-2-15(20(21,22)23)12-17(16)27(30)31/h2-3,12-14H,4-11H2,1H3,(H,24,28). The highest BCUT2D eigenvalue weighted by Crippen LogP contribution is 2.38. The van der Waals surface area contributed by atoms with E-state index >= 15 is 0 Å². The predicted molar refractivity (Wildman–Crippen MR) is 106 cm³/mol. The van der Waals surface area contributed by atoms with E-state index in [0.29, 0.717) is 57.9 Å². The van der Waals surface area contributed by atoms with Gasteiger partial charge in [0.05, 0.1) is 10.5 Å². The van der Waals surface area contributed by atoms with Crippen molar-refractivity contribution in [3.63, 3.8) is 0 Å². The molecule has 0 spiro atoms. The molecule has 2 saturated heterocycles. The minimum atomic E-state index is -4.66. The molecule has 1 N–H and O–H groups in total. The number of piperidine rings is 2. The Hall–Kier alpha value is -2.85. The summed E-state index contributed by atoms with van der Waals surface area (Å²) in [5, 5.41) is 14.0. The second-order valence-electron chi connectivity index (χ2n) is 7.93. The Kier molecular flexibility index (Phi) is 6.71. The number of likely N-dealkylation sites (tertiary alicyclic amines) is 1. The third-order valence-electron chi connectivity index (χ3n) is 6.11. The van der Waals surface area contributed by atoms with Gasteiger partial charge < -0.3 is 15.1 Å². The first-order chi connectivity index (χ1) is 14.6. The number of nitro groups is 1. The lowest BCUT2D eigenvalue weighted by atomic mass is 9.91. The highest BCUT2D eigenvalue weighted by molar-refractivity contribution is 5.81. The van der Waals surface area contributed by atoms with Crippen LogP contribution in [-0.4, -0.2) is 54.9 Å². The number of anilines is 1. The second-order valence-corrected chi connectivity index (χ2v) is 7.93. The number of hydrogen-bond donors (Lipinski definition) is 1. The Bertz CT molecular complexity index is 845. The third-order valence-corrected chi connectivity index (χ3v) is 6.11. The van der Waals surface area contributed by atoms with Crippen molar-refractivity contribution in [1.29, 1.82) is 0 Å². The van der Waals surface area contributed by atoms with E-state index in [2.05, 4.69) is 5.32 Å². The van der Waals surface area contributed by atoms with E-state index in [1.807, 2.05) is 0 Å². The van der Waals surface area contributed by atoms with Crippen molar-refractivity contribution in [3.8, 4) is 0 Å². The maximum Gasteiger partial charge on any atom is 0.416 e. The van der Waals surface area contributed by atoms with Crippen LogP contribution in [0.15, 0.2) is 18.2 Å². The quantitative estimate of drug-likeness (QED) is 0.572. The Balaban J connectivity index is 1.61. The van der Waals surface area contributed by atoms with Gasteiger partial charge >= 0.3 is 6.18 Å². The van der Waals surface area contributed by atoms with Gasteiger partial charge in [0.2, 0.25) is 11.8 Å². The molecule has 0 aromatic heterocycles. The largest absolute Gasteiger partial charge is 0.416 e. The molecule has 0 saturated carbocycles. The maximum absolute atomic E-state index is 12.9. The summed E-state index contributed by atoms with van der Waals surface area (Å²) in [5.74, 6) is -0.326. The first-order valence-corrected chi connectivity index (χ1v) is 10.2. The van der Waals surface area contributed by atoms with Gasteiger partial charge in [0.15, 0.2) is 0 Å². The average molecular weight is 442 g/mol. The number of halogens is 3. The summed E-state index contributed by atoms with van der Waals surface area (Å²) in [6, 6.07) is 2.53. The van der Waals surface area contributed by atoms with Gasteiger partial charge in [0.1, 0.15) is 5.69 Å². The topological polar surface area (TPSA) is 95.8 Å². The van der Waals surface area contributed by atoms with Crippen LogP contribution in [0.2, 0.25) is 0 Å². The van der Waals surface area contributed by atoms with Gasteiger partial charge in [-0.1, -0.05) is 0 Å². The van der Waals surface area contributed by atoms with Crippen LogP contribution in [-0.2, 0) is 15.8 Å². The molecule has 1 aromatic carbocycles. The number of nitro benzene ring substituents is 1. The molecule has 0 aliphatic carbocycles. The molecule has 0 bridgehead atoms. The van der Waals surface area contributed by atoms with Gasteiger partial charge in [-0.25, -0.2) is 0 Å². The summed E-state index contributed by atoms with van der Waals surface area (Å²) in [6.45, 7) is 1.72. The lowest BCUT2D eigenvalue weighted by molar-refractivity contribution is -0.384. The third kappa shape index (κ3) is 5.08. The van der Waals surface area contributed by atoms with Crippen LogP contribution >= 0.6 is 0 Å². The summed E-state index contributed by atoms with van der Waals surface area (Å²) < 4.78 is 38.7. The van der Waals surface area contributed by atoms with Crippen LogP contribution in [0.4, 0.5) is 24.5 Å². The van der Waals surface area contributed by atoms with Gasteiger partial charge in [-0.15, -0.1) is 0 Å². The molecule has 2 aliphatic heterocycles. The van der Waals surface area contributed by atoms with E-state index in [1.165, 1.54) is 0 Å². The number of benzene rings is 1. The van der Waals surface area contributed by atoms with Gasteiger partial charge in [0, 0.05) is 51.1 Å². The fourth-order valence-electron chi connectivity index (χ4n) is 4.31. The van der Waals surface area contributed by atoms with Crippen LogP contribution < -0.4 is 10.2 Å². The van der Waals surface area contributed by atoms with Crippen molar-refractivity contribution in [3.05, 3.63) is 33.9 Å². The number of rotatable bonds is 4.